The van der Waals surface area contributed by atoms with Crippen molar-refractivity contribution in [2.75, 3.05) is 33.2 Å². The first-order valence-electron chi connectivity index (χ1n) is 8.53. The summed E-state index contributed by atoms with van der Waals surface area (Å²) < 4.78 is 13.3. The SMILES string of the molecule is CN1CCCN(C(=O)N[C@@H](c2ccncc2)c2ccc(F)cc2)CC1. The molecule has 1 fully saturated rings. The second kappa shape index (κ2) is 8.07. The van der Waals surface area contributed by atoms with Crippen molar-refractivity contribution in [1.29, 1.82) is 0 Å². The lowest BCUT2D eigenvalue weighted by molar-refractivity contribution is 0.197. The fraction of sp³-hybridized carbons (Fsp3) is 0.368. The average Bonchev–Trinajstić information content (AvgIpc) is 2.86. The summed E-state index contributed by atoms with van der Waals surface area (Å²) in [4.78, 5) is 20.9. The molecule has 6 heteroatoms. The van der Waals surface area contributed by atoms with E-state index in [0.717, 1.165) is 37.2 Å². The summed E-state index contributed by atoms with van der Waals surface area (Å²) >= 11 is 0. The lowest BCUT2D eigenvalue weighted by Gasteiger charge is -2.26. The highest BCUT2D eigenvalue weighted by Crippen LogP contribution is 2.22. The van der Waals surface area contributed by atoms with Crippen molar-refractivity contribution in [2.45, 2.75) is 12.5 Å². The lowest BCUT2D eigenvalue weighted by Crippen LogP contribution is -2.43. The highest BCUT2D eigenvalue weighted by molar-refractivity contribution is 5.75. The van der Waals surface area contributed by atoms with E-state index in [-0.39, 0.29) is 17.9 Å². The monoisotopic (exact) mass is 342 g/mol. The smallest absolute Gasteiger partial charge is 0.318 e. The van der Waals surface area contributed by atoms with E-state index in [0.29, 0.717) is 6.54 Å². The molecule has 0 spiro atoms. The first-order valence-corrected chi connectivity index (χ1v) is 8.53. The zero-order valence-corrected chi connectivity index (χ0v) is 14.4. The second-order valence-electron chi connectivity index (χ2n) is 6.36. The maximum absolute atomic E-state index is 13.3. The van der Waals surface area contributed by atoms with Gasteiger partial charge in [0.2, 0.25) is 0 Å². The summed E-state index contributed by atoms with van der Waals surface area (Å²) in [5, 5.41) is 3.10. The zero-order valence-electron chi connectivity index (χ0n) is 14.4. The van der Waals surface area contributed by atoms with Gasteiger partial charge in [0.05, 0.1) is 6.04 Å². The number of benzene rings is 1. The van der Waals surface area contributed by atoms with Gasteiger partial charge in [0.15, 0.2) is 0 Å². The molecule has 0 radical (unpaired) electrons. The largest absolute Gasteiger partial charge is 0.327 e. The molecule has 3 rings (SSSR count). The van der Waals surface area contributed by atoms with Gasteiger partial charge in [-0.25, -0.2) is 9.18 Å². The van der Waals surface area contributed by atoms with Crippen LogP contribution in [-0.2, 0) is 0 Å². The highest BCUT2D eigenvalue weighted by Gasteiger charge is 2.22. The van der Waals surface area contributed by atoms with Gasteiger partial charge >= 0.3 is 6.03 Å². The number of rotatable bonds is 3. The number of hydrogen-bond donors (Lipinski definition) is 1. The minimum Gasteiger partial charge on any atom is -0.327 e. The van der Waals surface area contributed by atoms with Crippen LogP contribution in [0.2, 0.25) is 0 Å². The summed E-state index contributed by atoms with van der Waals surface area (Å²) in [5.41, 5.74) is 1.76. The number of nitrogens with one attached hydrogen (secondary N) is 1. The van der Waals surface area contributed by atoms with Crippen LogP contribution in [0.15, 0.2) is 48.8 Å². The van der Waals surface area contributed by atoms with Crippen LogP contribution >= 0.6 is 0 Å². The Morgan fingerprint density at radius 2 is 1.72 bits per heavy atom. The van der Waals surface area contributed by atoms with Gasteiger partial charge in [0, 0.05) is 32.0 Å². The summed E-state index contributed by atoms with van der Waals surface area (Å²) in [7, 11) is 2.07. The van der Waals surface area contributed by atoms with Crippen molar-refractivity contribution in [3.8, 4) is 0 Å². The molecule has 1 saturated heterocycles. The number of halogens is 1. The van der Waals surface area contributed by atoms with Gasteiger partial charge in [-0.15, -0.1) is 0 Å². The average molecular weight is 342 g/mol. The number of likely N-dealkylation sites (N-methyl/N-ethyl adjacent to an activating group) is 1. The van der Waals surface area contributed by atoms with E-state index in [1.165, 1.54) is 12.1 Å². The number of amides is 2. The van der Waals surface area contributed by atoms with E-state index in [9.17, 15) is 9.18 Å². The highest BCUT2D eigenvalue weighted by atomic mass is 19.1. The molecule has 2 amide bonds. The van der Waals surface area contributed by atoms with E-state index in [1.54, 1.807) is 24.5 Å². The van der Waals surface area contributed by atoms with Crippen molar-refractivity contribution < 1.29 is 9.18 Å². The Hall–Kier alpha value is -2.47. The van der Waals surface area contributed by atoms with Crippen LogP contribution in [0.5, 0.6) is 0 Å². The summed E-state index contributed by atoms with van der Waals surface area (Å²) in [6.45, 7) is 3.30. The third kappa shape index (κ3) is 4.54. The van der Waals surface area contributed by atoms with Crippen LogP contribution in [0.3, 0.4) is 0 Å². The van der Waals surface area contributed by atoms with Crippen molar-refractivity contribution in [1.82, 2.24) is 20.1 Å². The fourth-order valence-electron chi connectivity index (χ4n) is 3.03. The molecule has 5 nitrogen and oxygen atoms in total. The molecular weight excluding hydrogens is 319 g/mol. The number of nitrogens with zero attached hydrogens (tertiary/aromatic N) is 3. The first kappa shape index (κ1) is 17.4. The van der Waals surface area contributed by atoms with Gasteiger partial charge in [-0.1, -0.05) is 12.1 Å². The Labute approximate surface area is 147 Å². The maximum Gasteiger partial charge on any atom is 0.318 e. The molecule has 1 aliphatic rings. The molecule has 1 atom stereocenters. The maximum atomic E-state index is 13.3. The van der Waals surface area contributed by atoms with Gasteiger partial charge in [-0.3, -0.25) is 4.98 Å². The van der Waals surface area contributed by atoms with Crippen molar-refractivity contribution >= 4 is 6.03 Å². The molecule has 1 aliphatic heterocycles. The molecule has 0 saturated carbocycles. The summed E-state index contributed by atoms with van der Waals surface area (Å²) in [6.07, 6.45) is 4.35. The standard InChI is InChI=1S/C19H23FN4O/c1-23-11-2-12-24(14-13-23)19(25)22-18(16-7-9-21-10-8-16)15-3-5-17(20)6-4-15/h3-10,18H,2,11-14H2,1H3,(H,22,25)/t18-/m1/s1. The minimum atomic E-state index is -0.336. The molecule has 0 aliphatic carbocycles. The Morgan fingerprint density at radius 1 is 1.04 bits per heavy atom. The van der Waals surface area contributed by atoms with Gasteiger partial charge in [-0.2, -0.15) is 0 Å². The molecule has 1 aromatic heterocycles. The molecule has 2 aromatic rings. The van der Waals surface area contributed by atoms with Crippen LogP contribution in [0.25, 0.3) is 0 Å². The van der Waals surface area contributed by atoms with Crippen molar-refractivity contribution in [3.63, 3.8) is 0 Å². The van der Waals surface area contributed by atoms with Gasteiger partial charge in [0.25, 0.3) is 0 Å². The predicted molar refractivity (Wildman–Crippen MR) is 94.7 cm³/mol. The summed E-state index contributed by atoms with van der Waals surface area (Å²) in [6, 6.07) is 9.54. The van der Waals surface area contributed by atoms with Crippen LogP contribution in [-0.4, -0.2) is 54.0 Å². The zero-order chi connectivity index (χ0) is 17.6. The van der Waals surface area contributed by atoms with E-state index in [2.05, 4.69) is 22.2 Å². The van der Waals surface area contributed by atoms with Gasteiger partial charge in [0.1, 0.15) is 5.82 Å². The van der Waals surface area contributed by atoms with Gasteiger partial charge in [-0.05, 0) is 55.4 Å². The topological polar surface area (TPSA) is 48.5 Å². The number of carbonyl (C=O) groups is 1. The number of aromatic nitrogens is 1. The Kier molecular flexibility index (Phi) is 5.60. The van der Waals surface area contributed by atoms with E-state index in [4.69, 9.17) is 0 Å². The van der Waals surface area contributed by atoms with Crippen LogP contribution in [0.1, 0.15) is 23.6 Å². The number of urea groups is 1. The third-order valence-electron chi connectivity index (χ3n) is 4.52. The fourth-order valence-corrected chi connectivity index (χ4v) is 3.03. The van der Waals surface area contributed by atoms with Crippen molar-refractivity contribution in [2.24, 2.45) is 0 Å². The normalized spacial score (nSPS) is 17.0. The van der Waals surface area contributed by atoms with E-state index in [1.807, 2.05) is 17.0 Å². The molecule has 25 heavy (non-hydrogen) atoms. The third-order valence-corrected chi connectivity index (χ3v) is 4.52. The van der Waals surface area contributed by atoms with Crippen LogP contribution < -0.4 is 5.32 Å². The number of pyridine rings is 1. The Morgan fingerprint density at radius 3 is 2.44 bits per heavy atom. The molecule has 1 N–H and O–H groups in total. The molecule has 0 bridgehead atoms. The second-order valence-corrected chi connectivity index (χ2v) is 6.36. The van der Waals surface area contributed by atoms with Crippen molar-refractivity contribution in [3.05, 3.63) is 65.7 Å². The number of hydrogen-bond acceptors (Lipinski definition) is 3. The lowest BCUT2D eigenvalue weighted by atomic mass is 10.00. The quantitative estimate of drug-likeness (QED) is 0.933. The Bertz CT molecular complexity index is 692. The molecule has 0 unspecified atom stereocenters. The predicted octanol–water partition coefficient (Wildman–Crippen LogP) is 2.66. The number of carbonyl (C=O) groups excluding carboxylic acids is 1. The molecule has 1 aromatic carbocycles. The van der Waals surface area contributed by atoms with Crippen LogP contribution in [0, 0.1) is 5.82 Å². The molecule has 2 heterocycles. The molecular formula is C19H23FN4O. The molecule has 132 valence electrons. The summed E-state index contributed by atoms with van der Waals surface area (Å²) in [5.74, 6) is -0.292. The van der Waals surface area contributed by atoms with E-state index < -0.39 is 0 Å². The van der Waals surface area contributed by atoms with Gasteiger partial charge < -0.3 is 15.1 Å². The Balaban J connectivity index is 1.80. The van der Waals surface area contributed by atoms with Crippen LogP contribution in [0.4, 0.5) is 9.18 Å². The van der Waals surface area contributed by atoms with E-state index >= 15 is 0 Å². The first-order chi connectivity index (χ1) is 12.1. The minimum absolute atomic E-state index is 0.0959.